The number of ether oxygens (including phenoxy) is 2. The van der Waals surface area contributed by atoms with Crippen molar-refractivity contribution >= 4 is 23.5 Å². The Bertz CT molecular complexity index is 1010. The Labute approximate surface area is 198 Å². The van der Waals surface area contributed by atoms with Crippen LogP contribution in [0.15, 0.2) is 42.6 Å². The fourth-order valence-electron chi connectivity index (χ4n) is 4.77. The average molecular weight is 473 g/mol. The molecule has 1 saturated carbocycles. The molecule has 1 N–H and O–H groups in total. The fraction of sp³-hybridized carbons (Fsp3) is 0.480. The number of carbonyl (C=O) groups is 2. The second-order valence-corrected chi connectivity index (χ2v) is 9.49. The number of benzene rings is 1. The third kappa shape index (κ3) is 4.76. The highest BCUT2D eigenvalue weighted by Crippen LogP contribution is 2.44. The molecular formula is C25H29ClN2O5. The van der Waals surface area contributed by atoms with Crippen LogP contribution in [0.25, 0.3) is 0 Å². The molecule has 4 atom stereocenters. The van der Waals surface area contributed by atoms with Crippen LogP contribution >= 0.6 is 11.6 Å². The van der Waals surface area contributed by atoms with Crippen molar-refractivity contribution in [2.75, 3.05) is 13.7 Å². The van der Waals surface area contributed by atoms with Crippen LogP contribution < -0.4 is 0 Å². The highest BCUT2D eigenvalue weighted by molar-refractivity contribution is 6.30. The monoisotopic (exact) mass is 472 g/mol. The third-order valence-electron chi connectivity index (χ3n) is 6.56. The summed E-state index contributed by atoms with van der Waals surface area (Å²) < 4.78 is 11.1. The number of hydrogen-bond donors (Lipinski definition) is 1. The summed E-state index contributed by atoms with van der Waals surface area (Å²) in [4.78, 5) is 31.9. The van der Waals surface area contributed by atoms with Gasteiger partial charge in [0.1, 0.15) is 5.60 Å². The summed E-state index contributed by atoms with van der Waals surface area (Å²) in [6.07, 6.45) is 3.34. The van der Waals surface area contributed by atoms with Gasteiger partial charge in [-0.2, -0.15) is 0 Å². The van der Waals surface area contributed by atoms with Gasteiger partial charge in [0.25, 0.3) is 5.91 Å². The Balaban J connectivity index is 1.66. The number of esters is 1. The van der Waals surface area contributed by atoms with Crippen molar-refractivity contribution in [3.8, 4) is 0 Å². The molecule has 176 valence electrons. The number of aliphatic hydroxyl groups excluding tert-OH is 1. The number of nitrogens with zero attached hydrogens (tertiary/aromatic N) is 2. The number of carbonyl (C=O) groups excluding carboxylic acids is 2. The van der Waals surface area contributed by atoms with Gasteiger partial charge in [-0.25, -0.2) is 4.79 Å². The molecule has 33 heavy (non-hydrogen) atoms. The molecule has 1 saturated heterocycles. The fourth-order valence-corrected chi connectivity index (χ4v) is 4.90. The van der Waals surface area contributed by atoms with Crippen LogP contribution in [-0.2, 0) is 20.7 Å². The van der Waals surface area contributed by atoms with Crippen LogP contribution in [0.3, 0.4) is 0 Å². The molecular weight excluding hydrogens is 444 g/mol. The number of aliphatic hydroxyl groups is 1. The number of hydrogen-bond acceptors (Lipinski definition) is 6. The Hall–Kier alpha value is -2.48. The van der Waals surface area contributed by atoms with Gasteiger partial charge in [0.15, 0.2) is 0 Å². The quantitative estimate of drug-likeness (QED) is 0.619. The summed E-state index contributed by atoms with van der Waals surface area (Å²) in [7, 11) is 1.32. The van der Waals surface area contributed by atoms with Gasteiger partial charge < -0.3 is 19.5 Å². The lowest BCUT2D eigenvalue weighted by Crippen LogP contribution is -2.63. The molecule has 0 radical (unpaired) electrons. The van der Waals surface area contributed by atoms with E-state index in [1.165, 1.54) is 13.3 Å². The second kappa shape index (κ2) is 9.41. The first-order valence-corrected chi connectivity index (χ1v) is 11.6. The molecule has 7 nitrogen and oxygen atoms in total. The second-order valence-electron chi connectivity index (χ2n) is 9.06. The van der Waals surface area contributed by atoms with Gasteiger partial charge in [-0.15, -0.1) is 0 Å². The van der Waals surface area contributed by atoms with E-state index in [0.29, 0.717) is 16.3 Å². The van der Waals surface area contributed by atoms with Gasteiger partial charge >= 0.3 is 5.97 Å². The lowest BCUT2D eigenvalue weighted by atomic mass is 9.87. The predicted octanol–water partition coefficient (Wildman–Crippen LogP) is 3.58. The van der Waals surface area contributed by atoms with E-state index in [4.69, 9.17) is 21.1 Å². The minimum Gasteiger partial charge on any atom is -0.465 e. The predicted molar refractivity (Wildman–Crippen MR) is 123 cm³/mol. The van der Waals surface area contributed by atoms with E-state index in [9.17, 15) is 14.7 Å². The number of halogens is 1. The highest BCUT2D eigenvalue weighted by Gasteiger charge is 2.53. The first-order chi connectivity index (χ1) is 15.8. The summed E-state index contributed by atoms with van der Waals surface area (Å²) >= 11 is 6.09. The molecule has 4 rings (SSSR count). The van der Waals surface area contributed by atoms with Gasteiger partial charge in [-0.1, -0.05) is 23.7 Å². The lowest BCUT2D eigenvalue weighted by molar-refractivity contribution is -0.200. The average Bonchev–Trinajstić information content (AvgIpc) is 3.64. The van der Waals surface area contributed by atoms with Crippen molar-refractivity contribution in [2.24, 2.45) is 5.92 Å². The molecule has 1 unspecified atom stereocenters. The molecule has 1 aromatic carbocycles. The Morgan fingerprint density at radius 3 is 2.55 bits per heavy atom. The molecule has 8 heteroatoms. The van der Waals surface area contributed by atoms with Crippen molar-refractivity contribution in [3.63, 3.8) is 0 Å². The SMILES string of the molecule is COC(=O)c1ccc(C[C@@]2(C)O[C@H](C)[C@@H](c3ccc(Cl)cc3)N(C(CO)C3CC3)C2=O)nc1. The van der Waals surface area contributed by atoms with E-state index in [1.807, 2.05) is 24.0 Å². The third-order valence-corrected chi connectivity index (χ3v) is 6.82. The largest absolute Gasteiger partial charge is 0.465 e. The van der Waals surface area contributed by atoms with Crippen molar-refractivity contribution in [2.45, 2.75) is 56.9 Å². The smallest absolute Gasteiger partial charge is 0.339 e. The molecule has 2 fully saturated rings. The van der Waals surface area contributed by atoms with Crippen LogP contribution in [0, 0.1) is 5.92 Å². The van der Waals surface area contributed by atoms with Gasteiger partial charge in [0.05, 0.1) is 37.5 Å². The molecule has 1 aromatic heterocycles. The van der Waals surface area contributed by atoms with Crippen molar-refractivity contribution in [1.29, 1.82) is 0 Å². The molecule has 2 heterocycles. The van der Waals surface area contributed by atoms with Gasteiger partial charge in [0.2, 0.25) is 0 Å². The minimum atomic E-state index is -1.16. The molecule has 1 aliphatic carbocycles. The highest BCUT2D eigenvalue weighted by atomic mass is 35.5. The lowest BCUT2D eigenvalue weighted by Gasteiger charge is -2.51. The van der Waals surface area contributed by atoms with Crippen molar-refractivity contribution < 1.29 is 24.2 Å². The summed E-state index contributed by atoms with van der Waals surface area (Å²) in [5.41, 5.74) is 0.725. The summed E-state index contributed by atoms with van der Waals surface area (Å²) in [5.74, 6) is -0.364. The van der Waals surface area contributed by atoms with Crippen molar-refractivity contribution in [3.05, 3.63) is 64.4 Å². The summed E-state index contributed by atoms with van der Waals surface area (Å²) in [5, 5.41) is 10.9. The molecule has 1 aliphatic heterocycles. The summed E-state index contributed by atoms with van der Waals surface area (Å²) in [6, 6.07) is 10.1. The van der Waals surface area contributed by atoms with E-state index in [1.54, 1.807) is 31.2 Å². The Morgan fingerprint density at radius 1 is 1.30 bits per heavy atom. The number of amides is 1. The molecule has 1 amide bonds. The number of methoxy groups -OCH3 is 1. The zero-order valence-corrected chi connectivity index (χ0v) is 19.8. The van der Waals surface area contributed by atoms with E-state index >= 15 is 0 Å². The zero-order valence-electron chi connectivity index (χ0n) is 19.0. The maximum Gasteiger partial charge on any atom is 0.339 e. The maximum atomic E-state index is 14.0. The van der Waals surface area contributed by atoms with E-state index in [-0.39, 0.29) is 43.0 Å². The van der Waals surface area contributed by atoms with Crippen LogP contribution in [0.1, 0.15) is 54.3 Å². The first-order valence-electron chi connectivity index (χ1n) is 11.2. The van der Waals surface area contributed by atoms with E-state index in [0.717, 1.165) is 18.4 Å². The first kappa shape index (κ1) is 23.7. The Morgan fingerprint density at radius 2 is 2.00 bits per heavy atom. The van der Waals surface area contributed by atoms with Gasteiger partial charge in [0, 0.05) is 23.3 Å². The van der Waals surface area contributed by atoms with Gasteiger partial charge in [-0.05, 0) is 62.4 Å². The Kier molecular flexibility index (Phi) is 6.75. The van der Waals surface area contributed by atoms with Crippen molar-refractivity contribution in [1.82, 2.24) is 9.88 Å². The molecule has 2 aliphatic rings. The van der Waals surface area contributed by atoms with Crippen LogP contribution in [-0.4, -0.2) is 58.3 Å². The van der Waals surface area contributed by atoms with Crippen LogP contribution in [0.4, 0.5) is 0 Å². The number of morpholine rings is 1. The molecule has 0 bridgehead atoms. The minimum absolute atomic E-state index is 0.102. The van der Waals surface area contributed by atoms with Gasteiger partial charge in [-0.3, -0.25) is 9.78 Å². The van der Waals surface area contributed by atoms with Crippen LogP contribution in [0.5, 0.6) is 0 Å². The number of pyridine rings is 1. The maximum absolute atomic E-state index is 14.0. The van der Waals surface area contributed by atoms with Crippen LogP contribution in [0.2, 0.25) is 5.02 Å². The molecule has 0 spiro atoms. The van der Waals surface area contributed by atoms with E-state index in [2.05, 4.69) is 4.98 Å². The standard InChI is InChI=1S/C25H29ClN2O5/c1-15-22(17-6-9-19(26)10-7-17)28(21(14-29)16-4-5-16)24(31)25(2,33-15)12-20-11-8-18(13-27-20)23(30)32-3/h6-11,13,15-16,21-22,29H,4-5,12,14H2,1-3H3/t15-,21?,22+,25-/m1/s1. The molecule has 2 aromatic rings. The van der Waals surface area contributed by atoms with E-state index < -0.39 is 11.6 Å². The number of rotatable bonds is 7. The number of aromatic nitrogens is 1. The zero-order chi connectivity index (χ0) is 23.8. The normalized spacial score (nSPS) is 26.2. The summed E-state index contributed by atoms with van der Waals surface area (Å²) in [6.45, 7) is 3.62. The topological polar surface area (TPSA) is 89.0 Å².